The second-order valence-electron chi connectivity index (χ2n) is 7.33. The predicted octanol–water partition coefficient (Wildman–Crippen LogP) is 3.09. The number of halogens is 1. The fraction of sp³-hybridized carbons (Fsp3) is 0.350. The molecular weight excluding hydrogens is 460 g/mol. The summed E-state index contributed by atoms with van der Waals surface area (Å²) < 4.78 is 36.3. The van der Waals surface area contributed by atoms with Crippen LogP contribution >= 0.6 is 12.4 Å². The van der Waals surface area contributed by atoms with Gasteiger partial charge in [0.05, 0.1) is 11.5 Å². The maximum absolute atomic E-state index is 12.6. The Morgan fingerprint density at radius 1 is 1.22 bits per heavy atom. The molecule has 2 N–H and O–H groups in total. The van der Waals surface area contributed by atoms with Crippen LogP contribution in [0.3, 0.4) is 0 Å². The maximum Gasteiger partial charge on any atom is 0.339 e. The van der Waals surface area contributed by atoms with Gasteiger partial charge in [0.2, 0.25) is 0 Å². The Kier molecular flexibility index (Phi) is 8.67. The Balaban J connectivity index is 0.00000363. The summed E-state index contributed by atoms with van der Waals surface area (Å²) in [6.45, 7) is 3.98. The van der Waals surface area contributed by atoms with Crippen LogP contribution in [0.5, 0.6) is 11.5 Å². The number of rotatable bonds is 8. The van der Waals surface area contributed by atoms with Crippen molar-refractivity contribution >= 4 is 34.6 Å². The molecule has 12 heteroatoms. The summed E-state index contributed by atoms with van der Waals surface area (Å²) in [5.41, 5.74) is 0.428. The molecule has 32 heavy (non-hydrogen) atoms. The summed E-state index contributed by atoms with van der Waals surface area (Å²) in [4.78, 5) is 12.0. The molecule has 0 amide bonds. The number of nitrogens with zero attached hydrogens (tertiary/aromatic N) is 3. The van der Waals surface area contributed by atoms with Gasteiger partial charge in [0.15, 0.2) is 0 Å². The van der Waals surface area contributed by atoms with E-state index >= 15 is 0 Å². The number of nitrogens with two attached hydrogens (primary N) is 1. The van der Waals surface area contributed by atoms with E-state index in [0.717, 1.165) is 37.6 Å². The smallest absolute Gasteiger partial charge is 0.339 e. The zero-order valence-electron chi connectivity index (χ0n) is 17.4. The minimum Gasteiger partial charge on any atom is -0.493 e. The van der Waals surface area contributed by atoms with Gasteiger partial charge in [-0.15, -0.1) is 12.4 Å². The summed E-state index contributed by atoms with van der Waals surface area (Å²) in [7, 11) is -4.24. The number of aryl methyl sites for hydroxylation is 1. The number of nitro benzene ring substituents is 1. The lowest BCUT2D eigenvalue weighted by atomic mass is 9.98. The molecular formula is C20H25ClN4O6S. The van der Waals surface area contributed by atoms with Gasteiger partial charge in [0, 0.05) is 31.3 Å². The molecule has 1 fully saturated rings. The molecule has 1 heterocycles. The molecule has 2 aromatic rings. The van der Waals surface area contributed by atoms with Gasteiger partial charge in [-0.05, 0) is 49.4 Å². The number of piperidine rings is 1. The van der Waals surface area contributed by atoms with Gasteiger partial charge in [-0.25, -0.2) is 0 Å². The number of hydrogen-bond acceptors (Lipinski definition) is 8. The normalized spacial score (nSPS) is 14.7. The third-order valence-corrected chi connectivity index (χ3v) is 6.16. The molecule has 0 bridgehead atoms. The molecule has 1 saturated heterocycles. The standard InChI is InChI=1S/C20H24N4O6S.ClH/c1-15-9-18(29-13-16-5-7-23(8-6-16)14-22-21)12-19(10-15)30-31(27,28)20-4-2-3-17(11-20)24(25)26;/h2-4,9-12,14,16H,5-8,13,21H2,1H3;1H. The summed E-state index contributed by atoms with van der Waals surface area (Å²) in [5.74, 6) is 6.11. The van der Waals surface area contributed by atoms with Crippen LogP contribution in [0.4, 0.5) is 5.69 Å². The number of benzene rings is 2. The summed E-state index contributed by atoms with van der Waals surface area (Å²) in [5, 5.41) is 14.5. The van der Waals surface area contributed by atoms with E-state index in [4.69, 9.17) is 14.8 Å². The molecule has 0 unspecified atom stereocenters. The van der Waals surface area contributed by atoms with Gasteiger partial charge in [-0.3, -0.25) is 10.1 Å². The molecule has 2 aromatic carbocycles. The third kappa shape index (κ3) is 6.72. The Bertz CT molecular complexity index is 1070. The Morgan fingerprint density at radius 2 is 1.91 bits per heavy atom. The molecule has 0 spiro atoms. The molecule has 1 aliphatic heterocycles. The van der Waals surface area contributed by atoms with Crippen molar-refractivity contribution in [3.05, 3.63) is 58.1 Å². The van der Waals surface area contributed by atoms with Gasteiger partial charge in [-0.2, -0.15) is 13.5 Å². The summed E-state index contributed by atoms with van der Waals surface area (Å²) in [6, 6.07) is 9.57. The molecule has 0 saturated carbocycles. The average Bonchev–Trinajstić information content (AvgIpc) is 2.73. The van der Waals surface area contributed by atoms with Gasteiger partial charge >= 0.3 is 10.1 Å². The topological polar surface area (TPSA) is 137 Å². The van der Waals surface area contributed by atoms with E-state index in [1.807, 2.05) is 4.90 Å². The molecule has 10 nitrogen and oxygen atoms in total. The highest BCUT2D eigenvalue weighted by atomic mass is 35.5. The van der Waals surface area contributed by atoms with Crippen LogP contribution in [0.25, 0.3) is 0 Å². The number of hydrogen-bond donors (Lipinski definition) is 1. The average molecular weight is 485 g/mol. The van der Waals surface area contributed by atoms with Crippen molar-refractivity contribution in [1.29, 1.82) is 0 Å². The quantitative estimate of drug-likeness (QED) is 0.151. The fourth-order valence-corrected chi connectivity index (χ4v) is 4.27. The van der Waals surface area contributed by atoms with E-state index in [0.29, 0.717) is 18.3 Å². The lowest BCUT2D eigenvalue weighted by Gasteiger charge is -2.30. The van der Waals surface area contributed by atoms with E-state index in [1.54, 1.807) is 25.4 Å². The lowest BCUT2D eigenvalue weighted by molar-refractivity contribution is -0.385. The number of hydrazone groups is 1. The minimum absolute atomic E-state index is 0. The van der Waals surface area contributed by atoms with Crippen LogP contribution in [0.1, 0.15) is 18.4 Å². The molecule has 0 radical (unpaired) electrons. The highest BCUT2D eigenvalue weighted by molar-refractivity contribution is 7.87. The number of non-ortho nitro benzene ring substituents is 1. The van der Waals surface area contributed by atoms with E-state index < -0.39 is 15.0 Å². The van der Waals surface area contributed by atoms with Crippen LogP contribution in [0, 0.1) is 23.0 Å². The van der Waals surface area contributed by atoms with Crippen LogP contribution < -0.4 is 14.8 Å². The minimum atomic E-state index is -4.24. The Morgan fingerprint density at radius 3 is 2.56 bits per heavy atom. The second kappa shape index (κ2) is 11.0. The molecule has 3 rings (SSSR count). The van der Waals surface area contributed by atoms with Gasteiger partial charge in [0.1, 0.15) is 22.7 Å². The zero-order valence-corrected chi connectivity index (χ0v) is 19.0. The maximum atomic E-state index is 12.6. The van der Waals surface area contributed by atoms with Crippen molar-refractivity contribution < 1.29 is 22.3 Å². The lowest BCUT2D eigenvalue weighted by Crippen LogP contribution is -2.34. The first-order valence-electron chi connectivity index (χ1n) is 9.68. The van der Waals surface area contributed by atoms with Gasteiger partial charge in [-0.1, -0.05) is 6.07 Å². The molecule has 0 aliphatic carbocycles. The van der Waals surface area contributed by atoms with Crippen molar-refractivity contribution in [2.24, 2.45) is 16.9 Å². The van der Waals surface area contributed by atoms with Crippen molar-refractivity contribution in [3.63, 3.8) is 0 Å². The molecule has 174 valence electrons. The van der Waals surface area contributed by atoms with E-state index in [2.05, 4.69) is 5.10 Å². The zero-order chi connectivity index (χ0) is 22.4. The highest BCUT2D eigenvalue weighted by Crippen LogP contribution is 2.28. The van der Waals surface area contributed by atoms with Gasteiger partial charge in [0.25, 0.3) is 5.69 Å². The number of nitro groups is 1. The Labute approximate surface area is 192 Å². The molecule has 0 aromatic heterocycles. The Hall–Kier alpha value is -3.05. The largest absolute Gasteiger partial charge is 0.493 e. The van der Waals surface area contributed by atoms with E-state index in [-0.39, 0.29) is 28.7 Å². The SMILES string of the molecule is Cc1cc(OCC2CCN(C=NN)CC2)cc(OS(=O)(=O)c2cccc([N+](=O)[O-])c2)c1.Cl. The first-order chi connectivity index (χ1) is 14.8. The van der Waals surface area contributed by atoms with Gasteiger partial charge < -0.3 is 19.7 Å². The van der Waals surface area contributed by atoms with Crippen LogP contribution in [-0.2, 0) is 10.1 Å². The van der Waals surface area contributed by atoms with E-state index in [9.17, 15) is 18.5 Å². The second-order valence-corrected chi connectivity index (χ2v) is 8.87. The third-order valence-electron chi connectivity index (χ3n) is 4.91. The van der Waals surface area contributed by atoms with Crippen LogP contribution in [-0.4, -0.2) is 44.3 Å². The highest BCUT2D eigenvalue weighted by Gasteiger charge is 2.21. The summed E-state index contributed by atoms with van der Waals surface area (Å²) in [6.07, 6.45) is 3.49. The first kappa shape index (κ1) is 25.2. The van der Waals surface area contributed by atoms with Crippen molar-refractivity contribution in [3.8, 4) is 11.5 Å². The van der Waals surface area contributed by atoms with Crippen molar-refractivity contribution in [2.75, 3.05) is 19.7 Å². The molecule has 0 atom stereocenters. The number of likely N-dealkylation sites (tertiary alicyclic amines) is 1. The molecule has 1 aliphatic rings. The van der Waals surface area contributed by atoms with E-state index in [1.165, 1.54) is 24.3 Å². The van der Waals surface area contributed by atoms with Crippen molar-refractivity contribution in [2.45, 2.75) is 24.7 Å². The van der Waals surface area contributed by atoms with Crippen molar-refractivity contribution in [1.82, 2.24) is 4.90 Å². The monoisotopic (exact) mass is 484 g/mol. The number of ether oxygens (including phenoxy) is 1. The fourth-order valence-electron chi connectivity index (χ4n) is 3.32. The predicted molar refractivity (Wildman–Crippen MR) is 122 cm³/mol. The van der Waals surface area contributed by atoms with Crippen LogP contribution in [0.2, 0.25) is 0 Å². The summed E-state index contributed by atoms with van der Waals surface area (Å²) >= 11 is 0. The first-order valence-corrected chi connectivity index (χ1v) is 11.1. The van der Waals surface area contributed by atoms with Crippen LogP contribution in [0.15, 0.2) is 52.5 Å².